The molecule has 0 aliphatic heterocycles. The fourth-order valence-corrected chi connectivity index (χ4v) is 2.36. The molecule has 4 heteroatoms. The molecular weight excluding hydrogens is 256 g/mol. The van der Waals surface area contributed by atoms with E-state index in [-0.39, 0.29) is 5.84 Å². The fourth-order valence-electron chi connectivity index (χ4n) is 1.83. The van der Waals surface area contributed by atoms with Crippen molar-refractivity contribution in [2.75, 3.05) is 6.26 Å². The van der Waals surface area contributed by atoms with Crippen molar-refractivity contribution in [1.29, 1.82) is 5.41 Å². The summed E-state index contributed by atoms with van der Waals surface area (Å²) in [6, 6.07) is 13.5. The van der Waals surface area contributed by atoms with Crippen molar-refractivity contribution >= 4 is 17.6 Å². The lowest BCUT2D eigenvalue weighted by Crippen LogP contribution is -2.12. The number of rotatable bonds is 4. The van der Waals surface area contributed by atoms with Crippen LogP contribution in [0.15, 0.2) is 47.4 Å². The lowest BCUT2D eigenvalue weighted by Gasteiger charge is -2.11. The van der Waals surface area contributed by atoms with E-state index in [1.54, 1.807) is 11.8 Å². The van der Waals surface area contributed by atoms with E-state index in [1.165, 1.54) is 0 Å². The van der Waals surface area contributed by atoms with E-state index < -0.39 is 0 Å². The fraction of sp³-hybridized carbons (Fsp3) is 0.133. The van der Waals surface area contributed by atoms with Crippen LogP contribution in [-0.2, 0) is 0 Å². The van der Waals surface area contributed by atoms with E-state index in [9.17, 15) is 0 Å². The van der Waals surface area contributed by atoms with E-state index >= 15 is 0 Å². The summed E-state index contributed by atoms with van der Waals surface area (Å²) in [5, 5.41) is 7.47. The van der Waals surface area contributed by atoms with Crippen LogP contribution in [0.3, 0.4) is 0 Å². The van der Waals surface area contributed by atoms with Gasteiger partial charge in [-0.3, -0.25) is 5.41 Å². The van der Waals surface area contributed by atoms with Crippen LogP contribution in [0.2, 0.25) is 0 Å². The van der Waals surface area contributed by atoms with Crippen LogP contribution < -0.4 is 10.5 Å². The molecule has 0 aromatic heterocycles. The summed E-state index contributed by atoms with van der Waals surface area (Å²) >= 11 is 1.65. The predicted molar refractivity (Wildman–Crippen MR) is 80.5 cm³/mol. The molecule has 98 valence electrons. The van der Waals surface area contributed by atoms with Crippen molar-refractivity contribution in [3.63, 3.8) is 0 Å². The number of hydrogen-bond acceptors (Lipinski definition) is 3. The van der Waals surface area contributed by atoms with Gasteiger partial charge in [-0.2, -0.15) is 0 Å². The number of amidine groups is 1. The third-order valence-corrected chi connectivity index (χ3v) is 3.56. The second-order valence-electron chi connectivity index (χ2n) is 4.14. The summed E-state index contributed by atoms with van der Waals surface area (Å²) < 4.78 is 5.88. The number of nitrogens with one attached hydrogen (secondary N) is 1. The van der Waals surface area contributed by atoms with Gasteiger partial charge in [-0.25, -0.2) is 0 Å². The van der Waals surface area contributed by atoms with Crippen molar-refractivity contribution in [3.8, 4) is 11.5 Å². The minimum absolute atomic E-state index is 0.0774. The van der Waals surface area contributed by atoms with Gasteiger partial charge >= 0.3 is 0 Å². The first kappa shape index (κ1) is 13.5. The van der Waals surface area contributed by atoms with Gasteiger partial charge in [-0.15, -0.1) is 11.8 Å². The van der Waals surface area contributed by atoms with Crippen molar-refractivity contribution in [2.45, 2.75) is 11.8 Å². The van der Waals surface area contributed by atoms with Gasteiger partial charge < -0.3 is 10.5 Å². The van der Waals surface area contributed by atoms with Crippen LogP contribution >= 0.6 is 11.8 Å². The van der Waals surface area contributed by atoms with Crippen molar-refractivity contribution < 1.29 is 4.74 Å². The summed E-state index contributed by atoms with van der Waals surface area (Å²) in [7, 11) is 0. The highest BCUT2D eigenvalue weighted by Gasteiger charge is 2.06. The molecule has 0 saturated carbocycles. The maximum atomic E-state index is 7.47. The van der Waals surface area contributed by atoms with E-state index in [4.69, 9.17) is 15.9 Å². The summed E-state index contributed by atoms with van der Waals surface area (Å²) in [6.45, 7) is 1.92. The van der Waals surface area contributed by atoms with Gasteiger partial charge in [0, 0.05) is 10.5 Å². The second kappa shape index (κ2) is 5.80. The first-order valence-corrected chi connectivity index (χ1v) is 7.10. The molecule has 0 radical (unpaired) electrons. The van der Waals surface area contributed by atoms with Crippen LogP contribution in [0, 0.1) is 12.3 Å². The highest BCUT2D eigenvalue weighted by molar-refractivity contribution is 7.98. The third-order valence-electron chi connectivity index (χ3n) is 2.78. The Balaban J connectivity index is 2.29. The molecule has 0 aliphatic rings. The average molecular weight is 272 g/mol. The quantitative estimate of drug-likeness (QED) is 0.505. The molecule has 2 aromatic carbocycles. The zero-order valence-corrected chi connectivity index (χ0v) is 11.8. The molecule has 3 N–H and O–H groups in total. The van der Waals surface area contributed by atoms with Crippen molar-refractivity contribution in [3.05, 3.63) is 53.6 Å². The zero-order valence-electron chi connectivity index (χ0n) is 10.9. The third kappa shape index (κ3) is 3.09. The molecule has 0 unspecified atom stereocenters. The summed E-state index contributed by atoms with van der Waals surface area (Å²) in [4.78, 5) is 1.09. The Morgan fingerprint density at radius 1 is 1.21 bits per heavy atom. The second-order valence-corrected chi connectivity index (χ2v) is 4.99. The van der Waals surface area contributed by atoms with E-state index in [2.05, 4.69) is 0 Å². The maximum absolute atomic E-state index is 7.47. The Bertz CT molecular complexity index is 611. The zero-order chi connectivity index (χ0) is 13.8. The van der Waals surface area contributed by atoms with Crippen molar-refractivity contribution in [1.82, 2.24) is 0 Å². The molecule has 0 heterocycles. The lowest BCUT2D eigenvalue weighted by atomic mass is 10.1. The highest BCUT2D eigenvalue weighted by Crippen LogP contribution is 2.31. The minimum atomic E-state index is 0.0774. The molecule has 0 atom stereocenters. The van der Waals surface area contributed by atoms with Crippen molar-refractivity contribution in [2.24, 2.45) is 5.73 Å². The van der Waals surface area contributed by atoms with Gasteiger partial charge in [0.05, 0.1) is 0 Å². The van der Waals surface area contributed by atoms with E-state index in [0.29, 0.717) is 0 Å². The molecule has 2 rings (SSSR count). The van der Waals surface area contributed by atoms with Gasteiger partial charge in [0.1, 0.15) is 17.3 Å². The van der Waals surface area contributed by atoms with Gasteiger partial charge in [0.2, 0.25) is 0 Å². The van der Waals surface area contributed by atoms with Crippen LogP contribution in [0.5, 0.6) is 11.5 Å². The number of nitrogen functional groups attached to an aromatic ring is 1. The smallest absolute Gasteiger partial charge is 0.140 e. The molecule has 0 spiro atoms. The number of aryl methyl sites for hydroxylation is 1. The van der Waals surface area contributed by atoms with Crippen LogP contribution in [-0.4, -0.2) is 12.1 Å². The van der Waals surface area contributed by atoms with Gasteiger partial charge in [0.25, 0.3) is 0 Å². The summed E-state index contributed by atoms with van der Waals surface area (Å²) in [5.74, 6) is 1.67. The molecule has 2 aromatic rings. The summed E-state index contributed by atoms with van der Waals surface area (Å²) in [6.07, 6.45) is 2.02. The van der Waals surface area contributed by atoms with Gasteiger partial charge in [0.15, 0.2) is 0 Å². The Labute approximate surface area is 117 Å². The molecule has 0 saturated heterocycles. The molecule has 0 aliphatic carbocycles. The number of benzene rings is 2. The Morgan fingerprint density at radius 3 is 2.58 bits per heavy atom. The van der Waals surface area contributed by atoms with Gasteiger partial charge in [-0.1, -0.05) is 12.1 Å². The van der Waals surface area contributed by atoms with Crippen LogP contribution in [0.25, 0.3) is 0 Å². The molecule has 0 fully saturated rings. The Morgan fingerprint density at radius 2 is 1.95 bits per heavy atom. The predicted octanol–water partition coefficient (Wildman–Crippen LogP) is 3.79. The van der Waals surface area contributed by atoms with Crippen LogP contribution in [0.4, 0.5) is 0 Å². The average Bonchev–Trinajstić information content (AvgIpc) is 2.39. The maximum Gasteiger partial charge on any atom is 0.140 e. The normalized spacial score (nSPS) is 10.2. The number of nitrogens with two attached hydrogens (primary N) is 1. The Kier molecular flexibility index (Phi) is 4.12. The molecule has 3 nitrogen and oxygen atoms in total. The van der Waals surface area contributed by atoms with E-state index in [0.717, 1.165) is 27.5 Å². The standard InChI is InChI=1S/C15H16N2OS/c1-10-9-11(7-8-12(10)15(16)17)18-13-5-3-4-6-14(13)19-2/h3-9H,1-2H3,(H3,16,17). The molecule has 0 bridgehead atoms. The lowest BCUT2D eigenvalue weighted by molar-refractivity contribution is 0.471. The van der Waals surface area contributed by atoms with Gasteiger partial charge in [-0.05, 0) is 49.1 Å². The number of para-hydroxylation sites is 1. The van der Waals surface area contributed by atoms with E-state index in [1.807, 2.05) is 55.6 Å². The Hall–Kier alpha value is -1.94. The first-order valence-electron chi connectivity index (χ1n) is 5.87. The molecule has 0 amide bonds. The number of hydrogen-bond donors (Lipinski definition) is 2. The number of ether oxygens (including phenoxy) is 1. The first-order chi connectivity index (χ1) is 9.11. The molecule has 19 heavy (non-hydrogen) atoms. The topological polar surface area (TPSA) is 59.1 Å². The monoisotopic (exact) mass is 272 g/mol. The SMILES string of the molecule is CSc1ccccc1Oc1ccc(C(=N)N)c(C)c1. The largest absolute Gasteiger partial charge is 0.456 e. The number of thioether (sulfide) groups is 1. The van der Waals surface area contributed by atoms with Crippen LogP contribution in [0.1, 0.15) is 11.1 Å². The summed E-state index contributed by atoms with van der Waals surface area (Å²) in [5.41, 5.74) is 7.18. The molecular formula is C15H16N2OS. The minimum Gasteiger partial charge on any atom is -0.456 e. The highest BCUT2D eigenvalue weighted by atomic mass is 32.2.